The molecule has 140 valence electrons. The largest absolute Gasteiger partial charge is 0.464 e. The van der Waals surface area contributed by atoms with Crippen molar-refractivity contribution in [2.45, 2.75) is 71.4 Å². The van der Waals surface area contributed by atoms with Gasteiger partial charge in [-0.25, -0.2) is 0 Å². The number of furan rings is 1. The lowest BCUT2D eigenvalue weighted by molar-refractivity contribution is -0.148. The molecule has 6 nitrogen and oxygen atoms in total. The summed E-state index contributed by atoms with van der Waals surface area (Å²) < 4.78 is 11.1. The van der Waals surface area contributed by atoms with Gasteiger partial charge in [-0.1, -0.05) is 0 Å². The standard InChI is InChI=1S/C19H31N3O3/c1-4-20-19(22-15(3)17-12-11-14(2)24-17)21-13-7-10-18(23)25-16-8-5-6-9-16/h11-12,15-16H,4-10,13H2,1-3H3,(H2,20,21,22). The molecule has 0 radical (unpaired) electrons. The molecule has 1 atom stereocenters. The highest BCUT2D eigenvalue weighted by Crippen LogP contribution is 2.21. The Balaban J connectivity index is 1.73. The SMILES string of the molecule is CCNC(=NCCCC(=O)OC1CCCC1)NC(C)c1ccc(C)o1. The summed E-state index contributed by atoms with van der Waals surface area (Å²) in [4.78, 5) is 16.4. The number of hydrogen-bond donors (Lipinski definition) is 2. The monoisotopic (exact) mass is 349 g/mol. The van der Waals surface area contributed by atoms with Gasteiger partial charge in [0.1, 0.15) is 17.6 Å². The van der Waals surface area contributed by atoms with E-state index in [0.29, 0.717) is 19.4 Å². The number of nitrogens with zero attached hydrogens (tertiary/aromatic N) is 1. The van der Waals surface area contributed by atoms with E-state index in [1.165, 1.54) is 12.8 Å². The van der Waals surface area contributed by atoms with Crippen molar-refractivity contribution in [2.24, 2.45) is 4.99 Å². The summed E-state index contributed by atoms with van der Waals surface area (Å²) in [5.74, 6) is 2.40. The fourth-order valence-corrected chi connectivity index (χ4v) is 2.95. The highest BCUT2D eigenvalue weighted by Gasteiger charge is 2.18. The predicted molar refractivity (Wildman–Crippen MR) is 98.6 cm³/mol. The van der Waals surface area contributed by atoms with Crippen LogP contribution in [0.2, 0.25) is 0 Å². The van der Waals surface area contributed by atoms with Crippen LogP contribution in [0.25, 0.3) is 0 Å². The molecule has 6 heteroatoms. The molecule has 0 spiro atoms. The maximum atomic E-state index is 11.8. The minimum Gasteiger partial charge on any atom is -0.464 e. The lowest BCUT2D eigenvalue weighted by atomic mass is 10.2. The van der Waals surface area contributed by atoms with Gasteiger partial charge in [-0.05, 0) is 65.0 Å². The van der Waals surface area contributed by atoms with E-state index < -0.39 is 0 Å². The van der Waals surface area contributed by atoms with Gasteiger partial charge in [0.15, 0.2) is 5.96 Å². The van der Waals surface area contributed by atoms with Gasteiger partial charge in [0.05, 0.1) is 6.04 Å². The topological polar surface area (TPSA) is 75.9 Å². The van der Waals surface area contributed by atoms with E-state index in [1.807, 2.05) is 32.9 Å². The molecular formula is C19H31N3O3. The van der Waals surface area contributed by atoms with E-state index in [0.717, 1.165) is 36.9 Å². The van der Waals surface area contributed by atoms with E-state index in [-0.39, 0.29) is 18.1 Å². The first-order valence-corrected chi connectivity index (χ1v) is 9.39. The summed E-state index contributed by atoms with van der Waals surface area (Å²) in [6.07, 6.45) is 5.64. The van der Waals surface area contributed by atoms with Crippen LogP contribution >= 0.6 is 0 Å². The smallest absolute Gasteiger partial charge is 0.306 e. The summed E-state index contributed by atoms with van der Waals surface area (Å²) in [6.45, 7) is 7.35. The number of ether oxygens (including phenoxy) is 1. The molecule has 1 aromatic heterocycles. The van der Waals surface area contributed by atoms with Crippen molar-refractivity contribution in [1.82, 2.24) is 10.6 Å². The Kier molecular flexibility index (Phi) is 7.82. The molecule has 0 amide bonds. The first-order valence-electron chi connectivity index (χ1n) is 9.39. The Morgan fingerprint density at radius 2 is 2.16 bits per heavy atom. The van der Waals surface area contributed by atoms with Crippen LogP contribution < -0.4 is 10.6 Å². The number of guanidine groups is 1. The number of carbonyl (C=O) groups excluding carboxylic acids is 1. The molecule has 1 aromatic rings. The number of aliphatic imine (C=N–C) groups is 1. The Morgan fingerprint density at radius 1 is 1.40 bits per heavy atom. The van der Waals surface area contributed by atoms with Crippen molar-refractivity contribution >= 4 is 11.9 Å². The summed E-state index contributed by atoms with van der Waals surface area (Å²) in [7, 11) is 0. The number of nitrogens with one attached hydrogen (secondary N) is 2. The van der Waals surface area contributed by atoms with E-state index in [4.69, 9.17) is 9.15 Å². The van der Waals surface area contributed by atoms with E-state index >= 15 is 0 Å². The van der Waals surface area contributed by atoms with Crippen molar-refractivity contribution in [2.75, 3.05) is 13.1 Å². The molecule has 1 saturated carbocycles. The van der Waals surface area contributed by atoms with Crippen LogP contribution in [0.4, 0.5) is 0 Å². The Hall–Kier alpha value is -1.98. The Bertz CT molecular complexity index is 562. The third-order valence-corrected chi connectivity index (χ3v) is 4.29. The third-order valence-electron chi connectivity index (χ3n) is 4.29. The number of hydrogen-bond acceptors (Lipinski definition) is 4. The zero-order chi connectivity index (χ0) is 18.1. The van der Waals surface area contributed by atoms with Crippen molar-refractivity contribution in [3.63, 3.8) is 0 Å². The molecule has 0 saturated heterocycles. The highest BCUT2D eigenvalue weighted by atomic mass is 16.5. The van der Waals surface area contributed by atoms with E-state index in [2.05, 4.69) is 15.6 Å². The van der Waals surface area contributed by atoms with Crippen molar-refractivity contribution in [3.8, 4) is 0 Å². The van der Waals surface area contributed by atoms with Crippen LogP contribution in [0.15, 0.2) is 21.5 Å². The van der Waals surface area contributed by atoms with E-state index in [9.17, 15) is 4.79 Å². The first-order chi connectivity index (χ1) is 12.1. The second kappa shape index (κ2) is 10.1. The fourth-order valence-electron chi connectivity index (χ4n) is 2.95. The fraction of sp³-hybridized carbons (Fsp3) is 0.684. The van der Waals surface area contributed by atoms with Gasteiger partial charge in [-0.15, -0.1) is 0 Å². The molecule has 1 heterocycles. The molecular weight excluding hydrogens is 318 g/mol. The molecule has 1 fully saturated rings. The number of esters is 1. The van der Waals surface area contributed by atoms with Gasteiger partial charge in [0.25, 0.3) is 0 Å². The van der Waals surface area contributed by atoms with Crippen LogP contribution in [-0.2, 0) is 9.53 Å². The van der Waals surface area contributed by atoms with Gasteiger partial charge in [0, 0.05) is 19.5 Å². The zero-order valence-electron chi connectivity index (χ0n) is 15.6. The van der Waals surface area contributed by atoms with Gasteiger partial charge in [0.2, 0.25) is 0 Å². The number of aryl methyl sites for hydroxylation is 1. The lowest BCUT2D eigenvalue weighted by Gasteiger charge is -2.16. The second-order valence-electron chi connectivity index (χ2n) is 6.57. The molecule has 0 aromatic carbocycles. The minimum absolute atomic E-state index is 0.0267. The average molecular weight is 349 g/mol. The number of rotatable bonds is 8. The first kappa shape index (κ1) is 19.3. The summed E-state index contributed by atoms with van der Waals surface area (Å²) in [6, 6.07) is 3.95. The number of carbonyl (C=O) groups is 1. The van der Waals surface area contributed by atoms with Crippen LogP contribution in [-0.4, -0.2) is 31.1 Å². The van der Waals surface area contributed by atoms with Crippen molar-refractivity contribution < 1.29 is 13.9 Å². The minimum atomic E-state index is -0.0977. The summed E-state index contributed by atoms with van der Waals surface area (Å²) in [5, 5.41) is 6.54. The third kappa shape index (κ3) is 6.80. The molecule has 1 aliphatic rings. The molecule has 2 rings (SSSR count). The summed E-state index contributed by atoms with van der Waals surface area (Å²) in [5.41, 5.74) is 0. The van der Waals surface area contributed by atoms with Gasteiger partial charge in [-0.2, -0.15) is 0 Å². The van der Waals surface area contributed by atoms with Gasteiger partial charge in [-0.3, -0.25) is 9.79 Å². The average Bonchev–Trinajstić information content (AvgIpc) is 3.23. The van der Waals surface area contributed by atoms with Crippen molar-refractivity contribution in [1.29, 1.82) is 0 Å². The normalized spacial score (nSPS) is 16.7. The van der Waals surface area contributed by atoms with Crippen molar-refractivity contribution in [3.05, 3.63) is 23.7 Å². The Morgan fingerprint density at radius 3 is 2.80 bits per heavy atom. The van der Waals surface area contributed by atoms with Crippen LogP contribution in [0, 0.1) is 6.92 Å². The lowest BCUT2D eigenvalue weighted by Crippen LogP contribution is -2.38. The van der Waals surface area contributed by atoms with Gasteiger partial charge < -0.3 is 19.8 Å². The highest BCUT2D eigenvalue weighted by molar-refractivity contribution is 5.80. The maximum Gasteiger partial charge on any atom is 0.306 e. The molecule has 0 aliphatic heterocycles. The molecule has 1 aliphatic carbocycles. The predicted octanol–water partition coefficient (Wildman–Crippen LogP) is 3.47. The quantitative estimate of drug-likeness (QED) is 0.325. The second-order valence-corrected chi connectivity index (χ2v) is 6.57. The molecule has 2 N–H and O–H groups in total. The van der Waals surface area contributed by atoms with Crippen LogP contribution in [0.1, 0.15) is 69.9 Å². The molecule has 1 unspecified atom stereocenters. The Labute approximate surface area is 150 Å². The van der Waals surface area contributed by atoms with Gasteiger partial charge >= 0.3 is 5.97 Å². The molecule has 25 heavy (non-hydrogen) atoms. The molecule has 0 bridgehead atoms. The van der Waals surface area contributed by atoms with Crippen LogP contribution in [0.5, 0.6) is 0 Å². The van der Waals surface area contributed by atoms with E-state index in [1.54, 1.807) is 0 Å². The van der Waals surface area contributed by atoms with Crippen LogP contribution in [0.3, 0.4) is 0 Å². The summed E-state index contributed by atoms with van der Waals surface area (Å²) >= 11 is 0. The zero-order valence-corrected chi connectivity index (χ0v) is 15.6. The maximum absolute atomic E-state index is 11.8.